The number of nitrogens with one attached hydrogen (secondary N) is 1. The fourth-order valence-electron chi connectivity index (χ4n) is 5.64. The Balaban J connectivity index is 1.13. The van der Waals surface area contributed by atoms with E-state index in [-0.39, 0.29) is 28.6 Å². The molecule has 0 unspecified atom stereocenters. The van der Waals surface area contributed by atoms with Crippen molar-refractivity contribution in [3.05, 3.63) is 88.8 Å². The number of esters is 1. The van der Waals surface area contributed by atoms with Gasteiger partial charge >= 0.3 is 12.1 Å². The highest BCUT2D eigenvalue weighted by molar-refractivity contribution is 5.83. The van der Waals surface area contributed by atoms with Gasteiger partial charge in [0, 0.05) is 12.5 Å². The van der Waals surface area contributed by atoms with Crippen molar-refractivity contribution in [3.63, 3.8) is 0 Å². The number of fused-ring (bicyclic) bond motifs is 2. The molecule has 0 spiro atoms. The molecule has 3 heterocycles. The number of hydrogen-bond donors (Lipinski definition) is 4. The maximum Gasteiger partial charge on any atom is 0.408 e. The molecule has 3 aromatic carbocycles. The average Bonchev–Trinajstić information content (AvgIpc) is 3.10. The molecule has 4 aromatic rings. The van der Waals surface area contributed by atoms with Gasteiger partial charge in [-0.25, -0.2) is 9.59 Å². The number of amides is 1. The first-order valence-electron chi connectivity index (χ1n) is 16.4. The molecule has 0 aliphatic carbocycles. The van der Waals surface area contributed by atoms with Gasteiger partial charge in [0.05, 0.1) is 10.9 Å². The topological polar surface area (TPSA) is 192 Å². The molecule has 14 heteroatoms. The van der Waals surface area contributed by atoms with E-state index in [0.29, 0.717) is 35.8 Å². The van der Waals surface area contributed by atoms with Gasteiger partial charge in [0.1, 0.15) is 73.5 Å². The van der Waals surface area contributed by atoms with Crippen LogP contribution in [-0.4, -0.2) is 89.6 Å². The van der Waals surface area contributed by atoms with Crippen LogP contribution >= 0.6 is 0 Å². The molecule has 4 N–H and O–H groups in total. The summed E-state index contributed by atoms with van der Waals surface area (Å²) in [4.78, 5) is 39.2. The standard InChI is InChI=1S/C37H39NO13/c1-37(2,3)51-36(44)38-25(15-20-7-5-4-6-8-20)34(43)48-19-29-31(40)32(41)33(42)35(50-29)49-22-10-11-23-27(17-22)47-18-24(30(23)39)21-9-12-26-28(16-21)46-14-13-45-26/h4-12,16-18,25,29,31-33,35,40-42H,13-15,19H2,1-3H3,(H,38,44)/t25-,29+,31-,32+,33+,35-/m1/s1. The molecule has 0 saturated carbocycles. The molecular formula is C37H39NO13. The Kier molecular flexibility index (Phi) is 10.5. The molecule has 2 aliphatic rings. The third-order valence-corrected chi connectivity index (χ3v) is 8.17. The molecule has 1 saturated heterocycles. The number of aliphatic hydroxyl groups excluding tert-OH is 3. The first-order chi connectivity index (χ1) is 24.4. The maximum absolute atomic E-state index is 13.4. The average molecular weight is 706 g/mol. The van der Waals surface area contributed by atoms with Crippen molar-refractivity contribution >= 4 is 23.0 Å². The molecule has 51 heavy (non-hydrogen) atoms. The van der Waals surface area contributed by atoms with Gasteiger partial charge in [-0.15, -0.1) is 0 Å². The van der Waals surface area contributed by atoms with Crippen molar-refractivity contribution in [3.8, 4) is 28.4 Å². The third-order valence-electron chi connectivity index (χ3n) is 8.17. The molecule has 6 atom stereocenters. The molecule has 1 aromatic heterocycles. The van der Waals surface area contributed by atoms with Gasteiger partial charge < -0.3 is 53.5 Å². The second-order valence-corrected chi connectivity index (χ2v) is 13.1. The summed E-state index contributed by atoms with van der Waals surface area (Å²) >= 11 is 0. The summed E-state index contributed by atoms with van der Waals surface area (Å²) in [6.07, 6.45) is -7.38. The van der Waals surface area contributed by atoms with Crippen LogP contribution in [0.1, 0.15) is 26.3 Å². The van der Waals surface area contributed by atoms with E-state index in [9.17, 15) is 29.7 Å². The SMILES string of the molecule is CC(C)(C)OC(=O)N[C@H](Cc1ccccc1)C(=O)OC[C@@H]1O[C@@H](Oc2ccc3c(=O)c(-c4ccc5c(c4)OCCO5)coc3c2)[C@@H](O)[C@@H](O)[C@@H]1O. The third kappa shape index (κ3) is 8.43. The van der Waals surface area contributed by atoms with Crippen LogP contribution in [0.25, 0.3) is 22.1 Å². The van der Waals surface area contributed by atoms with E-state index in [1.54, 1.807) is 63.2 Å². The lowest BCUT2D eigenvalue weighted by Gasteiger charge is -2.40. The number of carbonyl (C=O) groups is 2. The van der Waals surface area contributed by atoms with E-state index in [2.05, 4.69) is 5.32 Å². The minimum atomic E-state index is -1.74. The fraction of sp³-hybridized carbons (Fsp3) is 0.378. The summed E-state index contributed by atoms with van der Waals surface area (Å²) in [6, 6.07) is 17.3. The Bertz CT molecular complexity index is 1920. The summed E-state index contributed by atoms with van der Waals surface area (Å²) in [6.45, 7) is 5.34. The second-order valence-electron chi connectivity index (χ2n) is 13.1. The lowest BCUT2D eigenvalue weighted by molar-refractivity contribution is -0.278. The minimum absolute atomic E-state index is 0.0797. The highest BCUT2D eigenvalue weighted by Gasteiger charge is 2.46. The number of benzene rings is 3. The van der Waals surface area contributed by atoms with E-state index in [1.807, 2.05) is 6.07 Å². The highest BCUT2D eigenvalue weighted by atomic mass is 16.7. The van der Waals surface area contributed by atoms with Gasteiger partial charge in [0.25, 0.3) is 0 Å². The monoisotopic (exact) mass is 705 g/mol. The van der Waals surface area contributed by atoms with Gasteiger partial charge in [-0.3, -0.25) is 4.79 Å². The van der Waals surface area contributed by atoms with Gasteiger partial charge in [-0.05, 0) is 56.2 Å². The van der Waals surface area contributed by atoms with Gasteiger partial charge in [0.15, 0.2) is 16.9 Å². The predicted molar refractivity (Wildman–Crippen MR) is 180 cm³/mol. The van der Waals surface area contributed by atoms with Crippen LogP contribution < -0.4 is 25.0 Å². The number of hydrogen-bond acceptors (Lipinski definition) is 13. The van der Waals surface area contributed by atoms with Crippen LogP contribution in [0.4, 0.5) is 4.79 Å². The number of alkyl carbamates (subject to hydrolysis) is 1. The van der Waals surface area contributed by atoms with Crippen molar-refractivity contribution in [2.24, 2.45) is 0 Å². The second kappa shape index (κ2) is 15.0. The van der Waals surface area contributed by atoms with Crippen LogP contribution in [-0.2, 0) is 25.4 Å². The predicted octanol–water partition coefficient (Wildman–Crippen LogP) is 3.10. The highest BCUT2D eigenvalue weighted by Crippen LogP contribution is 2.34. The normalized spacial score (nSPS) is 22.1. The number of aliphatic hydroxyl groups is 3. The Morgan fingerprint density at radius 1 is 0.922 bits per heavy atom. The Morgan fingerprint density at radius 2 is 1.67 bits per heavy atom. The zero-order valence-corrected chi connectivity index (χ0v) is 28.1. The fourth-order valence-corrected chi connectivity index (χ4v) is 5.64. The lowest BCUT2D eigenvalue weighted by atomic mass is 9.99. The van der Waals surface area contributed by atoms with E-state index in [1.165, 1.54) is 24.5 Å². The summed E-state index contributed by atoms with van der Waals surface area (Å²) < 4.78 is 39.3. The quantitative estimate of drug-likeness (QED) is 0.186. The number of ether oxygens (including phenoxy) is 6. The first kappa shape index (κ1) is 35.7. The molecule has 14 nitrogen and oxygen atoms in total. The Hall–Kier alpha value is -5.15. The zero-order valence-electron chi connectivity index (χ0n) is 28.1. The maximum atomic E-state index is 13.4. The van der Waals surface area contributed by atoms with Gasteiger partial charge in [0.2, 0.25) is 6.29 Å². The molecular weight excluding hydrogens is 666 g/mol. The summed E-state index contributed by atoms with van der Waals surface area (Å²) in [7, 11) is 0. The van der Waals surface area contributed by atoms with Crippen LogP contribution in [0.5, 0.6) is 17.2 Å². The van der Waals surface area contributed by atoms with Crippen LogP contribution in [0, 0.1) is 0 Å². The molecule has 6 rings (SSSR count). The van der Waals surface area contributed by atoms with E-state index < -0.39 is 61.0 Å². The van der Waals surface area contributed by atoms with Crippen LogP contribution in [0.3, 0.4) is 0 Å². The molecule has 1 amide bonds. The Labute approximate surface area is 292 Å². The van der Waals surface area contributed by atoms with Crippen molar-refractivity contribution in [1.29, 1.82) is 0 Å². The number of carbonyl (C=O) groups excluding carboxylic acids is 2. The molecule has 0 radical (unpaired) electrons. The first-order valence-corrected chi connectivity index (χ1v) is 16.4. The van der Waals surface area contributed by atoms with E-state index >= 15 is 0 Å². The lowest BCUT2D eigenvalue weighted by Crippen LogP contribution is -2.60. The van der Waals surface area contributed by atoms with Crippen molar-refractivity contribution in [1.82, 2.24) is 5.32 Å². The zero-order chi connectivity index (χ0) is 36.3. The van der Waals surface area contributed by atoms with Crippen molar-refractivity contribution < 1.29 is 57.7 Å². The molecule has 0 bridgehead atoms. The van der Waals surface area contributed by atoms with Gasteiger partial charge in [-0.2, -0.15) is 0 Å². The van der Waals surface area contributed by atoms with Crippen molar-refractivity contribution in [2.75, 3.05) is 19.8 Å². The number of rotatable bonds is 9. The van der Waals surface area contributed by atoms with Crippen molar-refractivity contribution in [2.45, 2.75) is 69.5 Å². The van der Waals surface area contributed by atoms with Crippen LogP contribution in [0.2, 0.25) is 0 Å². The minimum Gasteiger partial charge on any atom is -0.486 e. The smallest absolute Gasteiger partial charge is 0.408 e. The van der Waals surface area contributed by atoms with E-state index in [4.69, 9.17) is 32.8 Å². The Morgan fingerprint density at radius 3 is 2.41 bits per heavy atom. The summed E-state index contributed by atoms with van der Waals surface area (Å²) in [5.74, 6) is 0.381. The molecule has 1 fully saturated rings. The molecule has 2 aliphatic heterocycles. The largest absolute Gasteiger partial charge is 0.486 e. The molecule has 270 valence electrons. The summed E-state index contributed by atoms with van der Waals surface area (Å²) in [5.41, 5.74) is 0.686. The van der Waals surface area contributed by atoms with Gasteiger partial charge in [-0.1, -0.05) is 36.4 Å². The van der Waals surface area contributed by atoms with Crippen LogP contribution in [0.15, 0.2) is 82.2 Å². The summed E-state index contributed by atoms with van der Waals surface area (Å²) in [5, 5.41) is 34.8. The van der Waals surface area contributed by atoms with E-state index in [0.717, 1.165) is 5.56 Å².